The van der Waals surface area contributed by atoms with Gasteiger partial charge in [0.05, 0.1) is 0 Å². The van der Waals surface area contributed by atoms with Crippen molar-refractivity contribution in [2.24, 2.45) is 17.3 Å². The van der Waals surface area contributed by atoms with Crippen molar-refractivity contribution in [3.63, 3.8) is 0 Å². The molecule has 2 fully saturated rings. The number of ketones is 1. The van der Waals surface area contributed by atoms with E-state index in [-0.39, 0.29) is 5.41 Å². The van der Waals surface area contributed by atoms with E-state index in [2.05, 4.69) is 6.08 Å². The van der Waals surface area contributed by atoms with Crippen molar-refractivity contribution in [3.8, 4) is 0 Å². The summed E-state index contributed by atoms with van der Waals surface area (Å²) in [7, 11) is 0. The second-order valence-corrected chi connectivity index (χ2v) is 3.98. The summed E-state index contributed by atoms with van der Waals surface area (Å²) < 4.78 is 0. The van der Waals surface area contributed by atoms with E-state index < -0.39 is 0 Å². The summed E-state index contributed by atoms with van der Waals surface area (Å²) in [6.07, 6.45) is 7.60. The monoisotopic (exact) mass is 134 g/mol. The van der Waals surface area contributed by atoms with Crippen LogP contribution in [0.15, 0.2) is 12.2 Å². The van der Waals surface area contributed by atoms with Crippen molar-refractivity contribution in [2.75, 3.05) is 0 Å². The molecule has 0 saturated heterocycles. The van der Waals surface area contributed by atoms with Gasteiger partial charge in [-0.1, -0.05) is 6.08 Å². The molecular weight excluding hydrogens is 124 g/mol. The van der Waals surface area contributed by atoms with Crippen LogP contribution in [0.25, 0.3) is 0 Å². The van der Waals surface area contributed by atoms with Gasteiger partial charge in [-0.05, 0) is 37.2 Å². The topological polar surface area (TPSA) is 17.1 Å². The minimum absolute atomic E-state index is 0.194. The second-order valence-electron chi connectivity index (χ2n) is 3.98. The SMILES string of the molecule is O=C1C=CC2CC3CC13C2. The van der Waals surface area contributed by atoms with E-state index in [1.807, 2.05) is 6.08 Å². The maximum Gasteiger partial charge on any atom is 0.161 e. The highest BCUT2D eigenvalue weighted by atomic mass is 16.1. The number of carbonyl (C=O) groups is 1. The van der Waals surface area contributed by atoms with E-state index in [4.69, 9.17) is 0 Å². The minimum Gasteiger partial charge on any atom is -0.294 e. The van der Waals surface area contributed by atoms with Crippen molar-refractivity contribution >= 4 is 5.78 Å². The highest BCUT2D eigenvalue weighted by molar-refractivity contribution is 5.98. The summed E-state index contributed by atoms with van der Waals surface area (Å²) in [5.41, 5.74) is 0.194. The van der Waals surface area contributed by atoms with E-state index in [0.29, 0.717) is 5.78 Å². The van der Waals surface area contributed by atoms with Crippen LogP contribution in [-0.2, 0) is 4.79 Å². The van der Waals surface area contributed by atoms with Crippen LogP contribution in [0.5, 0.6) is 0 Å². The molecule has 0 amide bonds. The van der Waals surface area contributed by atoms with Crippen LogP contribution in [0.3, 0.4) is 0 Å². The van der Waals surface area contributed by atoms with Crippen molar-refractivity contribution in [3.05, 3.63) is 12.2 Å². The number of fused-ring (bicyclic) bond motifs is 1. The van der Waals surface area contributed by atoms with Crippen molar-refractivity contribution in [1.82, 2.24) is 0 Å². The van der Waals surface area contributed by atoms with Gasteiger partial charge in [0, 0.05) is 5.41 Å². The molecule has 3 aliphatic rings. The lowest BCUT2D eigenvalue weighted by molar-refractivity contribution is -0.120. The Hall–Kier alpha value is -0.590. The zero-order chi connectivity index (χ0) is 6.77. The van der Waals surface area contributed by atoms with Crippen molar-refractivity contribution in [1.29, 1.82) is 0 Å². The molecule has 1 spiro atoms. The molecule has 0 heterocycles. The average molecular weight is 134 g/mol. The van der Waals surface area contributed by atoms with Crippen LogP contribution in [0.1, 0.15) is 19.3 Å². The smallest absolute Gasteiger partial charge is 0.161 e. The molecular formula is C9H10O. The maximum atomic E-state index is 11.3. The first-order valence-corrected chi connectivity index (χ1v) is 4.04. The lowest BCUT2D eigenvalue weighted by Crippen LogP contribution is -2.17. The van der Waals surface area contributed by atoms with Crippen LogP contribution >= 0.6 is 0 Å². The Bertz CT molecular complexity index is 241. The van der Waals surface area contributed by atoms with Crippen LogP contribution in [-0.4, -0.2) is 5.78 Å². The zero-order valence-electron chi connectivity index (χ0n) is 5.84. The summed E-state index contributed by atoms with van der Waals surface area (Å²) in [5.74, 6) is 1.96. The fourth-order valence-electron chi connectivity index (χ4n) is 2.79. The van der Waals surface area contributed by atoms with Gasteiger partial charge >= 0.3 is 0 Å². The number of rotatable bonds is 0. The largest absolute Gasteiger partial charge is 0.294 e. The molecule has 3 unspecified atom stereocenters. The molecule has 0 N–H and O–H groups in total. The van der Waals surface area contributed by atoms with Crippen molar-refractivity contribution in [2.45, 2.75) is 19.3 Å². The molecule has 10 heavy (non-hydrogen) atoms. The fourth-order valence-corrected chi connectivity index (χ4v) is 2.79. The van der Waals surface area contributed by atoms with E-state index in [1.165, 1.54) is 19.3 Å². The quantitative estimate of drug-likeness (QED) is 0.491. The third kappa shape index (κ3) is 0.377. The summed E-state index contributed by atoms with van der Waals surface area (Å²) >= 11 is 0. The van der Waals surface area contributed by atoms with Gasteiger partial charge in [0.1, 0.15) is 0 Å². The number of hydrogen-bond donors (Lipinski definition) is 0. The molecule has 1 nitrogen and oxygen atoms in total. The van der Waals surface area contributed by atoms with E-state index in [1.54, 1.807) is 0 Å². The fraction of sp³-hybridized carbons (Fsp3) is 0.667. The van der Waals surface area contributed by atoms with Gasteiger partial charge in [-0.25, -0.2) is 0 Å². The normalized spacial score (nSPS) is 55.0. The lowest BCUT2D eigenvalue weighted by Gasteiger charge is -2.15. The first kappa shape index (κ1) is 5.11. The van der Waals surface area contributed by atoms with Gasteiger partial charge in [-0.15, -0.1) is 0 Å². The highest BCUT2D eigenvalue weighted by Gasteiger charge is 2.64. The Morgan fingerprint density at radius 3 is 3.20 bits per heavy atom. The molecule has 52 valence electrons. The molecule has 0 aromatic heterocycles. The van der Waals surface area contributed by atoms with Crippen molar-refractivity contribution < 1.29 is 4.79 Å². The van der Waals surface area contributed by atoms with Gasteiger partial charge in [0.25, 0.3) is 0 Å². The number of carbonyl (C=O) groups excluding carboxylic acids is 1. The molecule has 3 atom stereocenters. The van der Waals surface area contributed by atoms with Gasteiger partial charge in [0.15, 0.2) is 5.78 Å². The third-order valence-electron chi connectivity index (χ3n) is 3.46. The van der Waals surface area contributed by atoms with Crippen LogP contribution < -0.4 is 0 Å². The second kappa shape index (κ2) is 1.23. The molecule has 0 aromatic carbocycles. The molecule has 2 saturated carbocycles. The Kier molecular flexibility index (Phi) is 0.627. The number of allylic oxidation sites excluding steroid dienone is 2. The summed E-state index contributed by atoms with van der Waals surface area (Å²) in [6, 6.07) is 0. The first-order valence-electron chi connectivity index (χ1n) is 4.04. The molecule has 3 aliphatic carbocycles. The first-order chi connectivity index (χ1) is 4.81. The maximum absolute atomic E-state index is 11.3. The summed E-state index contributed by atoms with van der Waals surface area (Å²) in [5, 5.41) is 0. The standard InChI is InChI=1S/C9H10O/c10-8-2-1-6-3-7-5-9(7,8)4-6/h1-2,6-7H,3-5H2. The number of hydrogen-bond acceptors (Lipinski definition) is 1. The predicted molar refractivity (Wildman–Crippen MR) is 37.4 cm³/mol. The molecule has 2 bridgehead atoms. The van der Waals surface area contributed by atoms with Gasteiger partial charge < -0.3 is 0 Å². The van der Waals surface area contributed by atoms with Crippen LogP contribution in [0.2, 0.25) is 0 Å². The summed E-state index contributed by atoms with van der Waals surface area (Å²) in [4.78, 5) is 11.3. The molecule has 0 aliphatic heterocycles. The summed E-state index contributed by atoms with van der Waals surface area (Å²) in [6.45, 7) is 0. The lowest BCUT2D eigenvalue weighted by atomic mass is 9.88. The zero-order valence-corrected chi connectivity index (χ0v) is 5.84. The average Bonchev–Trinajstić information content (AvgIpc) is 2.50. The predicted octanol–water partition coefficient (Wildman–Crippen LogP) is 1.54. The highest BCUT2D eigenvalue weighted by Crippen LogP contribution is 2.67. The van der Waals surface area contributed by atoms with Gasteiger partial charge in [-0.3, -0.25) is 4.79 Å². The molecule has 0 radical (unpaired) electrons. The Labute approximate surface area is 60.1 Å². The van der Waals surface area contributed by atoms with E-state index in [0.717, 1.165) is 11.8 Å². The Morgan fingerprint density at radius 1 is 1.50 bits per heavy atom. The van der Waals surface area contributed by atoms with Gasteiger partial charge in [-0.2, -0.15) is 0 Å². The minimum atomic E-state index is 0.194. The molecule has 0 aromatic rings. The molecule has 1 heteroatoms. The van der Waals surface area contributed by atoms with Crippen LogP contribution in [0.4, 0.5) is 0 Å². The molecule has 3 rings (SSSR count). The third-order valence-corrected chi connectivity index (χ3v) is 3.46. The van der Waals surface area contributed by atoms with Crippen LogP contribution in [0, 0.1) is 17.3 Å². The Balaban J connectivity index is 2.13. The van der Waals surface area contributed by atoms with Gasteiger partial charge in [0.2, 0.25) is 0 Å². The van der Waals surface area contributed by atoms with E-state index >= 15 is 0 Å². The van der Waals surface area contributed by atoms with E-state index in [9.17, 15) is 4.79 Å². The Morgan fingerprint density at radius 2 is 2.40 bits per heavy atom.